The first-order valence-electron chi connectivity index (χ1n) is 7.24. The number of aromatic nitrogens is 1. The summed E-state index contributed by atoms with van der Waals surface area (Å²) in [6, 6.07) is 2.58. The van der Waals surface area contributed by atoms with Crippen LogP contribution in [0.5, 0.6) is 0 Å². The van der Waals surface area contributed by atoms with Crippen molar-refractivity contribution in [2.45, 2.75) is 66.3 Å². The first-order chi connectivity index (χ1) is 8.56. The fraction of sp³-hybridized carbons (Fsp3) is 0.688. The van der Waals surface area contributed by atoms with Gasteiger partial charge in [0.1, 0.15) is 0 Å². The molecule has 0 bridgehead atoms. The molecule has 1 N–H and O–H groups in total. The van der Waals surface area contributed by atoms with Crippen LogP contribution in [0.4, 0.5) is 0 Å². The van der Waals surface area contributed by atoms with Crippen molar-refractivity contribution in [3.05, 3.63) is 28.6 Å². The topological polar surface area (TPSA) is 24.9 Å². The summed E-state index contributed by atoms with van der Waals surface area (Å²) in [5.74, 6) is 0. The van der Waals surface area contributed by atoms with Crippen LogP contribution in [0.2, 0.25) is 0 Å². The lowest BCUT2D eigenvalue weighted by Crippen LogP contribution is -2.22. The molecule has 1 heterocycles. The highest BCUT2D eigenvalue weighted by atomic mass is 14.9. The Balaban J connectivity index is 2.53. The zero-order chi connectivity index (χ0) is 13.5. The molecule has 1 aromatic rings. The highest BCUT2D eigenvalue weighted by Crippen LogP contribution is 2.21. The van der Waals surface area contributed by atoms with E-state index in [1.807, 2.05) is 0 Å². The number of aryl methyl sites for hydroxylation is 3. The Kier molecular flexibility index (Phi) is 6.34. The van der Waals surface area contributed by atoms with Crippen molar-refractivity contribution < 1.29 is 0 Å². The van der Waals surface area contributed by atoms with E-state index in [0.29, 0.717) is 6.04 Å². The van der Waals surface area contributed by atoms with Gasteiger partial charge in [0, 0.05) is 17.4 Å². The van der Waals surface area contributed by atoms with Gasteiger partial charge in [-0.05, 0) is 57.9 Å². The quantitative estimate of drug-likeness (QED) is 0.730. The molecular formula is C16H28N2. The summed E-state index contributed by atoms with van der Waals surface area (Å²) in [5.41, 5.74) is 5.01. The first kappa shape index (κ1) is 15.2. The van der Waals surface area contributed by atoms with Gasteiger partial charge in [-0.2, -0.15) is 0 Å². The molecule has 0 fully saturated rings. The molecule has 102 valence electrons. The molecule has 0 saturated carbocycles. The Bertz CT molecular complexity index is 348. The van der Waals surface area contributed by atoms with Crippen molar-refractivity contribution in [2.75, 3.05) is 6.54 Å². The summed E-state index contributed by atoms with van der Waals surface area (Å²) in [7, 11) is 0. The zero-order valence-electron chi connectivity index (χ0n) is 12.6. The van der Waals surface area contributed by atoms with Crippen LogP contribution in [0.1, 0.15) is 68.1 Å². The summed E-state index contributed by atoms with van der Waals surface area (Å²) in [6.07, 6.45) is 5.26. The van der Waals surface area contributed by atoms with Gasteiger partial charge in [-0.1, -0.05) is 26.2 Å². The number of rotatable bonds is 7. The predicted octanol–water partition coefficient (Wildman–Crippen LogP) is 4.24. The zero-order valence-corrected chi connectivity index (χ0v) is 12.6. The van der Waals surface area contributed by atoms with Crippen LogP contribution in [0.25, 0.3) is 0 Å². The molecule has 0 aromatic carbocycles. The third kappa shape index (κ3) is 4.41. The van der Waals surface area contributed by atoms with Gasteiger partial charge >= 0.3 is 0 Å². The van der Waals surface area contributed by atoms with Gasteiger partial charge < -0.3 is 5.32 Å². The number of hydrogen-bond acceptors (Lipinski definition) is 2. The van der Waals surface area contributed by atoms with Gasteiger partial charge in [0.15, 0.2) is 0 Å². The van der Waals surface area contributed by atoms with Crippen LogP contribution in [-0.4, -0.2) is 11.5 Å². The minimum Gasteiger partial charge on any atom is -0.310 e. The van der Waals surface area contributed by atoms with Gasteiger partial charge in [-0.15, -0.1) is 0 Å². The summed E-state index contributed by atoms with van der Waals surface area (Å²) < 4.78 is 0. The molecule has 1 aromatic heterocycles. The van der Waals surface area contributed by atoms with Gasteiger partial charge in [-0.3, -0.25) is 4.98 Å². The summed E-state index contributed by atoms with van der Waals surface area (Å²) in [5, 5.41) is 3.62. The number of hydrogen-bond donors (Lipinski definition) is 1. The Labute approximate surface area is 112 Å². The van der Waals surface area contributed by atoms with Crippen molar-refractivity contribution in [1.29, 1.82) is 0 Å². The molecule has 1 rings (SSSR count). The Morgan fingerprint density at radius 1 is 1.17 bits per heavy atom. The normalized spacial score (nSPS) is 12.7. The highest BCUT2D eigenvalue weighted by Gasteiger charge is 2.12. The Morgan fingerprint density at radius 2 is 1.89 bits per heavy atom. The standard InChI is InChI=1S/C16H28N2/c1-6-7-8-9-10-17-14(4)16-12(2)11-13(3)18-15(16)5/h11,14,17H,6-10H2,1-5H3. The Morgan fingerprint density at radius 3 is 2.50 bits per heavy atom. The van der Waals surface area contributed by atoms with Crippen LogP contribution in [0.3, 0.4) is 0 Å². The highest BCUT2D eigenvalue weighted by molar-refractivity contribution is 5.33. The van der Waals surface area contributed by atoms with E-state index >= 15 is 0 Å². The van der Waals surface area contributed by atoms with E-state index in [2.05, 4.69) is 51.0 Å². The second-order valence-electron chi connectivity index (χ2n) is 5.32. The van der Waals surface area contributed by atoms with Crippen molar-refractivity contribution in [3.63, 3.8) is 0 Å². The maximum atomic E-state index is 4.57. The van der Waals surface area contributed by atoms with E-state index in [9.17, 15) is 0 Å². The van der Waals surface area contributed by atoms with E-state index in [4.69, 9.17) is 0 Å². The molecule has 0 saturated heterocycles. The van der Waals surface area contributed by atoms with Gasteiger partial charge in [-0.25, -0.2) is 0 Å². The van der Waals surface area contributed by atoms with Crippen LogP contribution >= 0.6 is 0 Å². The van der Waals surface area contributed by atoms with E-state index in [-0.39, 0.29) is 0 Å². The average molecular weight is 248 g/mol. The molecule has 0 amide bonds. The van der Waals surface area contributed by atoms with Gasteiger partial charge in [0.05, 0.1) is 0 Å². The second kappa shape index (κ2) is 7.52. The molecule has 18 heavy (non-hydrogen) atoms. The number of pyridine rings is 1. The summed E-state index contributed by atoms with van der Waals surface area (Å²) in [6.45, 7) is 12.0. The van der Waals surface area contributed by atoms with Gasteiger partial charge in [0.2, 0.25) is 0 Å². The predicted molar refractivity (Wildman–Crippen MR) is 79.0 cm³/mol. The molecule has 0 radical (unpaired) electrons. The van der Waals surface area contributed by atoms with Gasteiger partial charge in [0.25, 0.3) is 0 Å². The molecule has 0 spiro atoms. The SMILES string of the molecule is CCCCCCNC(C)c1c(C)cc(C)nc1C. The van der Waals surface area contributed by atoms with E-state index < -0.39 is 0 Å². The largest absolute Gasteiger partial charge is 0.310 e. The lowest BCUT2D eigenvalue weighted by atomic mass is 10.0. The molecule has 0 aliphatic rings. The maximum Gasteiger partial charge on any atom is 0.0426 e. The van der Waals surface area contributed by atoms with Crippen molar-refractivity contribution >= 4 is 0 Å². The first-order valence-corrected chi connectivity index (χ1v) is 7.24. The lowest BCUT2D eigenvalue weighted by Gasteiger charge is -2.19. The maximum absolute atomic E-state index is 4.57. The van der Waals surface area contributed by atoms with Crippen molar-refractivity contribution in [1.82, 2.24) is 10.3 Å². The van der Waals surface area contributed by atoms with Crippen LogP contribution < -0.4 is 5.32 Å². The van der Waals surface area contributed by atoms with Crippen LogP contribution in [0.15, 0.2) is 6.07 Å². The smallest absolute Gasteiger partial charge is 0.0426 e. The van der Waals surface area contributed by atoms with E-state index in [1.165, 1.54) is 42.5 Å². The minimum absolute atomic E-state index is 0.403. The number of nitrogens with zero attached hydrogens (tertiary/aromatic N) is 1. The van der Waals surface area contributed by atoms with Crippen molar-refractivity contribution in [2.24, 2.45) is 0 Å². The fourth-order valence-corrected chi connectivity index (χ4v) is 2.66. The molecule has 2 heteroatoms. The number of nitrogens with one attached hydrogen (secondary N) is 1. The van der Waals surface area contributed by atoms with E-state index in [1.54, 1.807) is 0 Å². The molecule has 2 nitrogen and oxygen atoms in total. The molecule has 0 aliphatic carbocycles. The third-order valence-electron chi connectivity index (χ3n) is 3.50. The minimum atomic E-state index is 0.403. The van der Waals surface area contributed by atoms with Crippen LogP contribution in [-0.2, 0) is 0 Å². The van der Waals surface area contributed by atoms with E-state index in [0.717, 1.165) is 12.2 Å². The fourth-order valence-electron chi connectivity index (χ4n) is 2.66. The second-order valence-corrected chi connectivity index (χ2v) is 5.32. The molecule has 1 unspecified atom stereocenters. The third-order valence-corrected chi connectivity index (χ3v) is 3.50. The molecule has 0 aliphatic heterocycles. The molecule has 1 atom stereocenters. The number of unbranched alkanes of at least 4 members (excludes halogenated alkanes) is 3. The summed E-state index contributed by atoms with van der Waals surface area (Å²) in [4.78, 5) is 4.57. The summed E-state index contributed by atoms with van der Waals surface area (Å²) >= 11 is 0. The molecular weight excluding hydrogens is 220 g/mol. The van der Waals surface area contributed by atoms with Crippen molar-refractivity contribution in [3.8, 4) is 0 Å². The Hall–Kier alpha value is -0.890. The monoisotopic (exact) mass is 248 g/mol. The van der Waals surface area contributed by atoms with Crippen LogP contribution in [0, 0.1) is 20.8 Å². The average Bonchev–Trinajstić information content (AvgIpc) is 2.27. The lowest BCUT2D eigenvalue weighted by molar-refractivity contribution is 0.532.